The number of alkyl halides is 3. The van der Waals surface area contributed by atoms with Crippen molar-refractivity contribution >= 4 is 17.5 Å². The lowest BCUT2D eigenvalue weighted by Gasteiger charge is -2.15. The number of aromatic nitrogens is 1. The van der Waals surface area contributed by atoms with Crippen LogP contribution in [-0.2, 0) is 6.18 Å². The first kappa shape index (κ1) is 21.8. The number of hydrogen-bond donors (Lipinski definition) is 2. The average molecular weight is 433 g/mol. The monoisotopic (exact) mass is 433 g/mol. The lowest BCUT2D eigenvalue weighted by atomic mass is 10.1. The third kappa shape index (κ3) is 5.16. The third-order valence-corrected chi connectivity index (χ3v) is 4.18. The van der Waals surface area contributed by atoms with E-state index in [0.717, 1.165) is 18.2 Å². The summed E-state index contributed by atoms with van der Waals surface area (Å²) >= 11 is 0. The molecule has 1 heterocycles. The summed E-state index contributed by atoms with van der Waals surface area (Å²) in [6.45, 7) is 1.55. The summed E-state index contributed by atoms with van der Waals surface area (Å²) in [5, 5.41) is 2.39. The van der Waals surface area contributed by atoms with Crippen LogP contribution < -0.4 is 15.8 Å². The number of rotatable bonds is 5. The maximum atomic E-state index is 13.3. The van der Waals surface area contributed by atoms with Gasteiger partial charge in [-0.05, 0) is 61.0 Å². The molecule has 0 unspecified atom stereocenters. The second-order valence-electron chi connectivity index (χ2n) is 6.47. The fourth-order valence-electron chi connectivity index (χ4n) is 2.66. The van der Waals surface area contributed by atoms with Crippen molar-refractivity contribution in [2.75, 3.05) is 5.32 Å². The second kappa shape index (κ2) is 8.42. The van der Waals surface area contributed by atoms with Gasteiger partial charge in [0.1, 0.15) is 23.0 Å². The number of nitrogens with one attached hydrogen (secondary N) is 1. The number of nitrogens with two attached hydrogens (primary N) is 1. The van der Waals surface area contributed by atoms with E-state index >= 15 is 0 Å². The molecule has 0 aliphatic carbocycles. The molecule has 0 saturated carbocycles. The Morgan fingerprint density at radius 3 is 2.39 bits per heavy atom. The number of carbonyl (C=O) groups is 2. The fraction of sp³-hybridized carbons (Fsp3) is 0.0952. The molecule has 0 atom stereocenters. The van der Waals surface area contributed by atoms with Crippen LogP contribution in [0.2, 0.25) is 0 Å². The molecule has 3 N–H and O–H groups in total. The van der Waals surface area contributed by atoms with Crippen molar-refractivity contribution in [3.8, 4) is 11.5 Å². The number of primary amides is 1. The van der Waals surface area contributed by atoms with Crippen molar-refractivity contribution < 1.29 is 31.9 Å². The van der Waals surface area contributed by atoms with Crippen LogP contribution in [0, 0.1) is 12.7 Å². The van der Waals surface area contributed by atoms with Crippen LogP contribution in [0.5, 0.6) is 11.5 Å². The van der Waals surface area contributed by atoms with E-state index in [9.17, 15) is 27.2 Å². The number of pyridine rings is 1. The first-order valence-corrected chi connectivity index (χ1v) is 8.77. The molecule has 3 aromatic rings. The summed E-state index contributed by atoms with van der Waals surface area (Å²) < 4.78 is 58.5. The van der Waals surface area contributed by atoms with Gasteiger partial charge < -0.3 is 15.8 Å². The Bertz CT molecular complexity index is 1160. The minimum atomic E-state index is -4.70. The van der Waals surface area contributed by atoms with Crippen LogP contribution >= 0.6 is 0 Å². The molecular weight excluding hydrogens is 418 g/mol. The van der Waals surface area contributed by atoms with Crippen LogP contribution in [0.4, 0.5) is 23.2 Å². The first-order valence-electron chi connectivity index (χ1n) is 8.77. The molecule has 0 bridgehead atoms. The smallest absolute Gasteiger partial charge is 0.416 e. The van der Waals surface area contributed by atoms with Crippen LogP contribution in [0.1, 0.15) is 32.0 Å². The molecule has 0 saturated heterocycles. The Hall–Kier alpha value is -3.95. The van der Waals surface area contributed by atoms with Crippen molar-refractivity contribution in [2.45, 2.75) is 13.1 Å². The highest BCUT2D eigenvalue weighted by Gasteiger charge is 2.32. The Morgan fingerprint density at radius 1 is 1.03 bits per heavy atom. The Labute approximate surface area is 173 Å². The molecule has 0 aliphatic rings. The lowest BCUT2D eigenvalue weighted by molar-refractivity contribution is -0.137. The van der Waals surface area contributed by atoms with E-state index in [1.807, 2.05) is 0 Å². The SMILES string of the molecule is Cc1cc(F)ccc1Oc1ccc(C(F)(F)F)cc1C(=O)Nc1ccnc(C(N)=O)c1. The molecular formula is C21H15F4N3O3. The molecule has 0 spiro atoms. The van der Waals surface area contributed by atoms with E-state index in [-0.39, 0.29) is 22.9 Å². The van der Waals surface area contributed by atoms with E-state index in [1.165, 1.54) is 30.5 Å². The van der Waals surface area contributed by atoms with E-state index in [1.54, 1.807) is 6.92 Å². The number of amides is 2. The Balaban J connectivity index is 2.00. The minimum Gasteiger partial charge on any atom is -0.456 e. The molecule has 31 heavy (non-hydrogen) atoms. The summed E-state index contributed by atoms with van der Waals surface area (Å²) in [5.41, 5.74) is 3.99. The third-order valence-electron chi connectivity index (χ3n) is 4.18. The number of hydrogen-bond acceptors (Lipinski definition) is 4. The first-order chi connectivity index (χ1) is 14.5. The van der Waals surface area contributed by atoms with Gasteiger partial charge >= 0.3 is 6.18 Å². The van der Waals surface area contributed by atoms with Crippen molar-refractivity contribution in [3.63, 3.8) is 0 Å². The van der Waals surface area contributed by atoms with Gasteiger partial charge in [0.25, 0.3) is 11.8 Å². The number of ether oxygens (including phenoxy) is 1. The molecule has 0 radical (unpaired) electrons. The summed E-state index contributed by atoms with van der Waals surface area (Å²) in [6.07, 6.45) is -3.49. The normalized spacial score (nSPS) is 11.1. The molecule has 1 aromatic heterocycles. The zero-order chi connectivity index (χ0) is 22.8. The van der Waals surface area contributed by atoms with Gasteiger partial charge in [-0.1, -0.05) is 0 Å². The number of anilines is 1. The Morgan fingerprint density at radius 2 is 1.74 bits per heavy atom. The van der Waals surface area contributed by atoms with Gasteiger partial charge in [-0.3, -0.25) is 14.6 Å². The van der Waals surface area contributed by atoms with Gasteiger partial charge in [-0.15, -0.1) is 0 Å². The van der Waals surface area contributed by atoms with E-state index in [2.05, 4.69) is 10.3 Å². The highest BCUT2D eigenvalue weighted by Crippen LogP contribution is 2.35. The van der Waals surface area contributed by atoms with Crippen molar-refractivity contribution in [1.29, 1.82) is 0 Å². The molecule has 2 amide bonds. The van der Waals surface area contributed by atoms with Gasteiger partial charge in [0.2, 0.25) is 0 Å². The number of nitrogens with zero attached hydrogens (tertiary/aromatic N) is 1. The van der Waals surface area contributed by atoms with Crippen molar-refractivity contribution in [1.82, 2.24) is 4.98 Å². The molecule has 0 aliphatic heterocycles. The molecule has 160 valence electrons. The molecule has 0 fully saturated rings. The van der Waals surface area contributed by atoms with Crippen molar-refractivity contribution in [2.24, 2.45) is 5.73 Å². The topological polar surface area (TPSA) is 94.3 Å². The van der Waals surface area contributed by atoms with E-state index in [4.69, 9.17) is 10.5 Å². The van der Waals surface area contributed by atoms with E-state index < -0.39 is 34.9 Å². The maximum Gasteiger partial charge on any atom is 0.416 e. The minimum absolute atomic E-state index is 0.0927. The highest BCUT2D eigenvalue weighted by atomic mass is 19.4. The zero-order valence-electron chi connectivity index (χ0n) is 16.0. The van der Waals surface area contributed by atoms with Crippen LogP contribution in [-0.4, -0.2) is 16.8 Å². The molecule has 3 rings (SSSR count). The Kier molecular flexibility index (Phi) is 5.91. The summed E-state index contributed by atoms with van der Waals surface area (Å²) in [4.78, 5) is 27.7. The molecule has 10 heteroatoms. The maximum absolute atomic E-state index is 13.3. The number of benzene rings is 2. The zero-order valence-corrected chi connectivity index (χ0v) is 16.0. The van der Waals surface area contributed by atoms with Gasteiger partial charge in [0.15, 0.2) is 0 Å². The van der Waals surface area contributed by atoms with Gasteiger partial charge in [-0.2, -0.15) is 13.2 Å². The van der Waals surface area contributed by atoms with Gasteiger partial charge in [-0.25, -0.2) is 4.39 Å². The van der Waals surface area contributed by atoms with Gasteiger partial charge in [0, 0.05) is 11.9 Å². The highest BCUT2D eigenvalue weighted by molar-refractivity contribution is 6.06. The largest absolute Gasteiger partial charge is 0.456 e. The fourth-order valence-corrected chi connectivity index (χ4v) is 2.66. The van der Waals surface area contributed by atoms with Gasteiger partial charge in [0.05, 0.1) is 11.1 Å². The molecule has 2 aromatic carbocycles. The quantitative estimate of drug-likeness (QED) is 0.571. The molecule has 6 nitrogen and oxygen atoms in total. The predicted octanol–water partition coefficient (Wildman–Crippen LogP) is 4.69. The van der Waals surface area contributed by atoms with Crippen molar-refractivity contribution in [3.05, 3.63) is 82.9 Å². The summed E-state index contributed by atoms with van der Waals surface area (Å²) in [7, 11) is 0. The second-order valence-corrected chi connectivity index (χ2v) is 6.47. The number of carbonyl (C=O) groups excluding carboxylic acids is 2. The van der Waals surface area contributed by atoms with Crippen LogP contribution in [0.15, 0.2) is 54.7 Å². The number of aryl methyl sites for hydroxylation is 1. The predicted molar refractivity (Wildman–Crippen MR) is 103 cm³/mol. The summed E-state index contributed by atoms with van der Waals surface area (Å²) in [5.74, 6) is -2.30. The van der Waals surface area contributed by atoms with E-state index in [0.29, 0.717) is 11.6 Å². The van der Waals surface area contributed by atoms with Crippen LogP contribution in [0.3, 0.4) is 0 Å². The summed E-state index contributed by atoms with van der Waals surface area (Å²) in [6, 6.07) is 8.52. The lowest BCUT2D eigenvalue weighted by Crippen LogP contribution is -2.17. The van der Waals surface area contributed by atoms with Crippen LogP contribution in [0.25, 0.3) is 0 Å². The number of halogens is 4. The average Bonchev–Trinajstić information content (AvgIpc) is 2.69. The standard InChI is InChI=1S/C21H15F4N3O3/c1-11-8-13(22)3-5-17(11)31-18-4-2-12(21(23,24)25)9-15(18)20(30)28-14-6-7-27-16(10-14)19(26)29/h2-10H,1H3,(H2,26,29)(H,27,28,30).